The van der Waals surface area contributed by atoms with E-state index in [4.69, 9.17) is 0 Å². The molecule has 0 fully saturated rings. The van der Waals surface area contributed by atoms with Gasteiger partial charge in [0.25, 0.3) is 0 Å². The van der Waals surface area contributed by atoms with Gasteiger partial charge in [0.1, 0.15) is 6.10 Å². The van der Waals surface area contributed by atoms with Crippen LogP contribution in [-0.2, 0) is 7.05 Å². The van der Waals surface area contributed by atoms with Crippen molar-refractivity contribution in [1.82, 2.24) is 9.55 Å². The Balaban J connectivity index is 2.37. The van der Waals surface area contributed by atoms with Crippen LogP contribution >= 0.6 is 0 Å². The highest BCUT2D eigenvalue weighted by molar-refractivity contribution is 5.33. The van der Waals surface area contributed by atoms with E-state index in [9.17, 15) is 5.11 Å². The van der Waals surface area contributed by atoms with Crippen LogP contribution in [0.1, 0.15) is 28.5 Å². The summed E-state index contributed by atoms with van der Waals surface area (Å²) >= 11 is 0. The number of aryl methyl sites for hydroxylation is 3. The molecule has 0 saturated heterocycles. The summed E-state index contributed by atoms with van der Waals surface area (Å²) in [6.07, 6.45) is 2.89. The Kier molecular flexibility index (Phi) is 2.79. The molecule has 84 valence electrons. The lowest BCUT2D eigenvalue weighted by Crippen LogP contribution is -2.01. The number of aliphatic hydroxyl groups excluding tert-OH is 1. The summed E-state index contributed by atoms with van der Waals surface area (Å²) in [6, 6.07) is 6.08. The van der Waals surface area contributed by atoms with Crippen molar-refractivity contribution in [3.05, 3.63) is 53.1 Å². The van der Waals surface area contributed by atoms with Crippen LogP contribution in [0.15, 0.2) is 30.7 Å². The molecule has 16 heavy (non-hydrogen) atoms. The Bertz CT molecular complexity index is 482. The maximum Gasteiger partial charge on any atom is 0.123 e. The summed E-state index contributed by atoms with van der Waals surface area (Å²) in [6.45, 7) is 4.06. The van der Waals surface area contributed by atoms with Gasteiger partial charge < -0.3 is 9.67 Å². The van der Waals surface area contributed by atoms with Gasteiger partial charge in [-0.15, -0.1) is 0 Å². The Morgan fingerprint density at radius 1 is 1.19 bits per heavy atom. The van der Waals surface area contributed by atoms with Crippen molar-refractivity contribution in [2.24, 2.45) is 7.05 Å². The molecule has 1 atom stereocenters. The van der Waals surface area contributed by atoms with Crippen molar-refractivity contribution in [2.45, 2.75) is 20.0 Å². The maximum absolute atomic E-state index is 10.2. The number of hydrogen-bond acceptors (Lipinski definition) is 2. The fraction of sp³-hybridized carbons (Fsp3) is 0.308. The largest absolute Gasteiger partial charge is 0.382 e. The first-order valence-corrected chi connectivity index (χ1v) is 5.30. The Labute approximate surface area is 95.4 Å². The first-order valence-electron chi connectivity index (χ1n) is 5.30. The van der Waals surface area contributed by atoms with Crippen LogP contribution in [0.4, 0.5) is 0 Å². The topological polar surface area (TPSA) is 38.0 Å². The summed E-state index contributed by atoms with van der Waals surface area (Å²) < 4.78 is 1.83. The zero-order valence-corrected chi connectivity index (χ0v) is 9.81. The molecule has 3 nitrogen and oxygen atoms in total. The molecule has 0 aliphatic rings. The van der Waals surface area contributed by atoms with Crippen LogP contribution in [0.3, 0.4) is 0 Å². The second kappa shape index (κ2) is 4.10. The molecule has 2 aromatic rings. The minimum atomic E-state index is -0.639. The zero-order valence-electron chi connectivity index (χ0n) is 9.81. The molecule has 2 rings (SSSR count). The van der Waals surface area contributed by atoms with Gasteiger partial charge in [-0.3, -0.25) is 0 Å². The number of hydrogen-bond donors (Lipinski definition) is 1. The number of aliphatic hydroxyl groups is 1. The molecule has 1 unspecified atom stereocenters. The van der Waals surface area contributed by atoms with E-state index in [1.54, 1.807) is 6.33 Å². The first-order chi connectivity index (χ1) is 7.56. The third-order valence-electron chi connectivity index (χ3n) is 2.56. The molecule has 0 amide bonds. The van der Waals surface area contributed by atoms with Crippen LogP contribution in [-0.4, -0.2) is 14.7 Å². The Morgan fingerprint density at radius 3 is 2.31 bits per heavy atom. The van der Waals surface area contributed by atoms with E-state index >= 15 is 0 Å². The SMILES string of the molecule is Cc1cc(C)cc(C(O)c2cn(C)cn2)c1. The molecule has 3 heteroatoms. The molecular weight excluding hydrogens is 200 g/mol. The zero-order chi connectivity index (χ0) is 11.7. The van der Waals surface area contributed by atoms with Gasteiger partial charge in [-0.2, -0.15) is 0 Å². The highest BCUT2D eigenvalue weighted by Crippen LogP contribution is 2.22. The summed E-state index contributed by atoms with van der Waals surface area (Å²) in [5.74, 6) is 0. The molecule has 1 heterocycles. The molecule has 1 aromatic heterocycles. The van der Waals surface area contributed by atoms with Crippen molar-refractivity contribution in [1.29, 1.82) is 0 Å². The smallest absolute Gasteiger partial charge is 0.123 e. The highest BCUT2D eigenvalue weighted by atomic mass is 16.3. The summed E-state index contributed by atoms with van der Waals surface area (Å²) in [5.41, 5.74) is 3.90. The molecule has 1 N–H and O–H groups in total. The lowest BCUT2D eigenvalue weighted by atomic mass is 10.0. The summed E-state index contributed by atoms with van der Waals surface area (Å²) in [4.78, 5) is 4.16. The average Bonchev–Trinajstić information content (AvgIpc) is 2.62. The van der Waals surface area contributed by atoms with Gasteiger partial charge in [-0.1, -0.05) is 29.3 Å². The van der Waals surface area contributed by atoms with Crippen molar-refractivity contribution < 1.29 is 5.11 Å². The van der Waals surface area contributed by atoms with Gasteiger partial charge in [0.15, 0.2) is 0 Å². The molecule has 0 radical (unpaired) electrons. The predicted molar refractivity (Wildman–Crippen MR) is 63.2 cm³/mol. The predicted octanol–water partition coefficient (Wildman–Crippen LogP) is 2.12. The van der Waals surface area contributed by atoms with Crippen LogP contribution < -0.4 is 0 Å². The molecule has 1 aromatic carbocycles. The maximum atomic E-state index is 10.2. The van der Waals surface area contributed by atoms with Crippen LogP contribution in [0, 0.1) is 13.8 Å². The second-order valence-corrected chi connectivity index (χ2v) is 4.29. The van der Waals surface area contributed by atoms with E-state index < -0.39 is 6.10 Å². The second-order valence-electron chi connectivity index (χ2n) is 4.29. The van der Waals surface area contributed by atoms with Crippen molar-refractivity contribution in [3.8, 4) is 0 Å². The fourth-order valence-corrected chi connectivity index (χ4v) is 1.91. The Morgan fingerprint density at radius 2 is 1.81 bits per heavy atom. The number of imidazole rings is 1. The molecule has 0 aliphatic carbocycles. The minimum Gasteiger partial charge on any atom is -0.382 e. The standard InChI is InChI=1S/C13H16N2O/c1-9-4-10(2)6-11(5-9)13(16)12-7-15(3)8-14-12/h4-8,13,16H,1-3H3. The summed E-state index contributed by atoms with van der Waals surface area (Å²) in [7, 11) is 1.89. The third kappa shape index (κ3) is 2.14. The van der Waals surface area contributed by atoms with E-state index in [1.807, 2.05) is 43.8 Å². The van der Waals surface area contributed by atoms with E-state index in [1.165, 1.54) is 0 Å². The first kappa shape index (κ1) is 10.9. The minimum absolute atomic E-state index is 0.639. The van der Waals surface area contributed by atoms with Gasteiger partial charge in [0, 0.05) is 13.2 Å². The fourth-order valence-electron chi connectivity index (χ4n) is 1.91. The molecular formula is C13H16N2O. The van der Waals surface area contributed by atoms with Crippen molar-refractivity contribution in [2.75, 3.05) is 0 Å². The molecule has 0 bridgehead atoms. The van der Waals surface area contributed by atoms with Crippen LogP contribution in [0.5, 0.6) is 0 Å². The lowest BCUT2D eigenvalue weighted by molar-refractivity contribution is 0.215. The van der Waals surface area contributed by atoms with E-state index in [-0.39, 0.29) is 0 Å². The number of nitrogens with zero attached hydrogens (tertiary/aromatic N) is 2. The van der Waals surface area contributed by atoms with Crippen LogP contribution in [0.25, 0.3) is 0 Å². The van der Waals surface area contributed by atoms with E-state index in [0.717, 1.165) is 16.7 Å². The molecule has 0 aliphatic heterocycles. The van der Waals surface area contributed by atoms with Gasteiger partial charge in [0.2, 0.25) is 0 Å². The normalized spacial score (nSPS) is 12.8. The number of aromatic nitrogens is 2. The lowest BCUT2D eigenvalue weighted by Gasteiger charge is -2.10. The highest BCUT2D eigenvalue weighted by Gasteiger charge is 2.13. The quantitative estimate of drug-likeness (QED) is 0.835. The van der Waals surface area contributed by atoms with Gasteiger partial charge in [-0.05, 0) is 19.4 Å². The van der Waals surface area contributed by atoms with Crippen molar-refractivity contribution in [3.63, 3.8) is 0 Å². The number of rotatable bonds is 2. The van der Waals surface area contributed by atoms with E-state index in [2.05, 4.69) is 11.1 Å². The van der Waals surface area contributed by atoms with Gasteiger partial charge >= 0.3 is 0 Å². The molecule has 0 spiro atoms. The average molecular weight is 216 g/mol. The summed E-state index contributed by atoms with van der Waals surface area (Å²) in [5, 5.41) is 10.2. The Hall–Kier alpha value is -1.61. The monoisotopic (exact) mass is 216 g/mol. The molecule has 0 saturated carbocycles. The number of benzene rings is 1. The van der Waals surface area contributed by atoms with Gasteiger partial charge in [0.05, 0.1) is 12.0 Å². The van der Waals surface area contributed by atoms with Crippen LogP contribution in [0.2, 0.25) is 0 Å². The third-order valence-corrected chi connectivity index (χ3v) is 2.56. The van der Waals surface area contributed by atoms with E-state index in [0.29, 0.717) is 5.69 Å². The van der Waals surface area contributed by atoms with Crippen molar-refractivity contribution >= 4 is 0 Å². The van der Waals surface area contributed by atoms with Gasteiger partial charge in [-0.25, -0.2) is 4.98 Å².